The summed E-state index contributed by atoms with van der Waals surface area (Å²) in [5.74, 6) is -2.35. The number of hydrogen-bond acceptors (Lipinski definition) is 6. The number of aromatic nitrogens is 1. The van der Waals surface area contributed by atoms with E-state index >= 15 is 0 Å². The van der Waals surface area contributed by atoms with Gasteiger partial charge in [0.25, 0.3) is 0 Å². The zero-order valence-electron chi connectivity index (χ0n) is 25.1. The van der Waals surface area contributed by atoms with Gasteiger partial charge in [-0.2, -0.15) is 0 Å². The first-order chi connectivity index (χ1) is 18.9. The Morgan fingerprint density at radius 2 is 1.73 bits per heavy atom. The number of methoxy groups -OCH3 is 2. The van der Waals surface area contributed by atoms with Gasteiger partial charge in [-0.25, -0.2) is 13.6 Å². The van der Waals surface area contributed by atoms with Crippen LogP contribution in [0.3, 0.4) is 0 Å². The Hall–Kier alpha value is -2.95. The number of nitrogens with two attached hydrogens (primary N) is 1. The summed E-state index contributed by atoms with van der Waals surface area (Å²) in [6.07, 6.45) is 1.41. The summed E-state index contributed by atoms with van der Waals surface area (Å²) in [5, 5.41) is -0.517. The Labute approximate surface area is 245 Å². The van der Waals surface area contributed by atoms with Crippen molar-refractivity contribution in [2.45, 2.75) is 65.2 Å². The fourth-order valence-electron chi connectivity index (χ4n) is 4.40. The largest absolute Gasteiger partial charge is 0.496 e. The van der Waals surface area contributed by atoms with E-state index in [4.69, 9.17) is 31.2 Å². The van der Waals surface area contributed by atoms with Gasteiger partial charge in [0.1, 0.15) is 22.2 Å². The number of carbonyl (C=O) groups excluding carboxylic acids is 1. The molecule has 0 aliphatic rings. The summed E-state index contributed by atoms with van der Waals surface area (Å²) in [6, 6.07) is 4.15. The lowest BCUT2D eigenvalue weighted by molar-refractivity contribution is 0.0597. The predicted octanol–water partition coefficient (Wildman–Crippen LogP) is 7.12. The number of nitrogens with zero attached hydrogens (tertiary/aromatic N) is 1. The van der Waals surface area contributed by atoms with Crippen molar-refractivity contribution < 1.29 is 27.5 Å². The van der Waals surface area contributed by atoms with Gasteiger partial charge < -0.3 is 24.2 Å². The summed E-state index contributed by atoms with van der Waals surface area (Å²) in [4.78, 5) is 26.3. The second-order valence-electron chi connectivity index (χ2n) is 12.1. The Kier molecular flexibility index (Phi) is 9.62. The van der Waals surface area contributed by atoms with Crippen molar-refractivity contribution in [1.82, 2.24) is 4.57 Å². The molecule has 2 N–H and O–H groups in total. The number of nitrogen functional groups attached to an aromatic ring is 1. The van der Waals surface area contributed by atoms with Crippen LogP contribution in [0.4, 0.5) is 14.5 Å². The topological polar surface area (TPSA) is 92.8 Å². The van der Waals surface area contributed by atoms with Crippen molar-refractivity contribution in [3.63, 3.8) is 0 Å². The van der Waals surface area contributed by atoms with E-state index in [0.29, 0.717) is 23.4 Å². The fraction of sp³-hybridized carbons (Fsp3) is 0.467. The number of esters is 1. The molecule has 7 nitrogen and oxygen atoms in total. The van der Waals surface area contributed by atoms with Crippen LogP contribution in [-0.4, -0.2) is 39.7 Å². The van der Waals surface area contributed by atoms with Crippen LogP contribution < -0.4 is 15.9 Å². The molecule has 0 aliphatic heterocycles. The van der Waals surface area contributed by atoms with E-state index in [9.17, 15) is 18.4 Å². The summed E-state index contributed by atoms with van der Waals surface area (Å²) in [5.41, 5.74) is 5.66. The third kappa shape index (κ3) is 6.44. The number of rotatable bonds is 9. The number of anilines is 1. The fourth-order valence-corrected chi connectivity index (χ4v) is 5.65. The molecular weight excluding hydrogens is 570 g/mol. The molecule has 1 atom stereocenters. The molecule has 41 heavy (non-hydrogen) atoms. The van der Waals surface area contributed by atoms with Crippen molar-refractivity contribution in [2.75, 3.05) is 26.6 Å². The van der Waals surface area contributed by atoms with Crippen LogP contribution in [0.15, 0.2) is 29.2 Å². The van der Waals surface area contributed by atoms with Crippen molar-refractivity contribution >= 4 is 42.5 Å². The second kappa shape index (κ2) is 12.1. The quantitative estimate of drug-likeness (QED) is 0.120. The number of halogens is 3. The molecule has 0 saturated carbocycles. The van der Waals surface area contributed by atoms with Crippen LogP contribution >= 0.6 is 11.6 Å². The highest BCUT2D eigenvalue weighted by atomic mass is 35.5. The van der Waals surface area contributed by atoms with Crippen molar-refractivity contribution in [3.05, 3.63) is 68.0 Å². The van der Waals surface area contributed by atoms with Crippen molar-refractivity contribution in [1.29, 1.82) is 0 Å². The van der Waals surface area contributed by atoms with E-state index in [-0.39, 0.29) is 45.6 Å². The Bertz CT molecular complexity index is 1530. The Morgan fingerprint density at radius 1 is 1.10 bits per heavy atom. The molecule has 0 unspecified atom stereocenters. The molecule has 0 fully saturated rings. The molecule has 2 aromatic carbocycles. The van der Waals surface area contributed by atoms with E-state index in [1.54, 1.807) is 12.1 Å². The predicted molar refractivity (Wildman–Crippen MR) is 162 cm³/mol. The maximum Gasteiger partial charge on any atom is 0.343 e. The van der Waals surface area contributed by atoms with Gasteiger partial charge >= 0.3 is 5.97 Å². The molecule has 0 aliphatic carbocycles. The molecule has 0 spiro atoms. The monoisotopic (exact) mass is 608 g/mol. The zero-order valence-corrected chi connectivity index (χ0v) is 26.8. The zero-order chi connectivity index (χ0) is 31.0. The average molecular weight is 609 g/mol. The van der Waals surface area contributed by atoms with Crippen LogP contribution in [0.25, 0.3) is 10.9 Å². The number of fused-ring (bicyclic) bond motifs is 1. The van der Waals surface area contributed by atoms with Gasteiger partial charge in [-0.1, -0.05) is 46.2 Å². The van der Waals surface area contributed by atoms with Gasteiger partial charge in [0, 0.05) is 24.1 Å². The van der Waals surface area contributed by atoms with Gasteiger partial charge in [-0.3, -0.25) is 4.79 Å². The summed E-state index contributed by atoms with van der Waals surface area (Å²) in [6.45, 7) is 15.2. The van der Waals surface area contributed by atoms with Crippen LogP contribution in [0.1, 0.15) is 62.1 Å². The molecule has 0 amide bonds. The number of benzene rings is 2. The van der Waals surface area contributed by atoms with E-state index in [1.165, 1.54) is 20.4 Å². The minimum atomic E-state index is -2.13. The molecule has 224 valence electrons. The minimum Gasteiger partial charge on any atom is -0.496 e. The molecule has 3 rings (SSSR count). The third-order valence-electron chi connectivity index (χ3n) is 8.02. The highest BCUT2D eigenvalue weighted by Crippen LogP contribution is 2.38. The lowest BCUT2D eigenvalue weighted by Crippen LogP contribution is -2.42. The van der Waals surface area contributed by atoms with Crippen LogP contribution in [0.2, 0.25) is 23.2 Å². The van der Waals surface area contributed by atoms with E-state index in [2.05, 4.69) is 33.9 Å². The molecule has 11 heteroatoms. The lowest BCUT2D eigenvalue weighted by Gasteiger charge is -2.38. The summed E-state index contributed by atoms with van der Waals surface area (Å²) >= 11 is 5.82. The smallest absolute Gasteiger partial charge is 0.343 e. The van der Waals surface area contributed by atoms with Crippen LogP contribution in [-0.2, 0) is 15.6 Å². The lowest BCUT2D eigenvalue weighted by atomic mass is 9.98. The second-order valence-corrected chi connectivity index (χ2v) is 17.3. The number of hydrogen-bond donors (Lipinski definition) is 1. The maximum atomic E-state index is 14.9. The van der Waals surface area contributed by atoms with Crippen LogP contribution in [0, 0.1) is 17.6 Å². The van der Waals surface area contributed by atoms with Gasteiger partial charge in [-0.15, -0.1) is 0 Å². The van der Waals surface area contributed by atoms with Crippen molar-refractivity contribution in [3.8, 4) is 5.75 Å². The Morgan fingerprint density at radius 3 is 2.27 bits per heavy atom. The molecule has 1 aromatic heterocycles. The summed E-state index contributed by atoms with van der Waals surface area (Å²) in [7, 11) is 0.537. The number of carbonyl (C=O) groups is 1. The molecule has 0 saturated heterocycles. The standard InChI is InChI=1S/C30H39ClF2N2O5Si/c1-16(2)23(15-40-41(8,9)30(3,4)5)35-14-20(29(37)39-7)28(36)19-11-17(24(38-6)13-22(19)35)10-18-12-21(34)27(33)25(31)26(18)32/h11-14,16,23H,10,15,34H2,1-9H3/t23-/m1/s1. The SMILES string of the molecule is COC(=O)c1cn([C@H](CO[Si](C)(C)C(C)(C)C)C(C)C)c2cc(OC)c(Cc3cc(N)c(F)c(Cl)c3F)cc2c1=O. The highest BCUT2D eigenvalue weighted by molar-refractivity contribution is 6.74. The normalized spacial score (nSPS) is 13.1. The molecule has 3 aromatic rings. The first kappa shape index (κ1) is 32.6. The van der Waals surface area contributed by atoms with E-state index < -0.39 is 36.4 Å². The number of pyridine rings is 1. The molecule has 1 heterocycles. The first-order valence-electron chi connectivity index (χ1n) is 13.3. The number of ether oxygens (including phenoxy) is 2. The van der Waals surface area contributed by atoms with Gasteiger partial charge in [0.15, 0.2) is 14.1 Å². The molecular formula is C30H39ClF2N2O5Si. The van der Waals surface area contributed by atoms with Gasteiger partial charge in [-0.05, 0) is 47.3 Å². The summed E-state index contributed by atoms with van der Waals surface area (Å²) < 4.78 is 48.0. The minimum absolute atomic E-state index is 0.0165. The molecule has 0 bridgehead atoms. The third-order valence-corrected chi connectivity index (χ3v) is 12.9. The Balaban J connectivity index is 2.28. The van der Waals surface area contributed by atoms with E-state index in [1.807, 2.05) is 18.4 Å². The van der Waals surface area contributed by atoms with E-state index in [0.717, 1.165) is 6.07 Å². The highest BCUT2D eigenvalue weighted by Gasteiger charge is 2.38. The first-order valence-corrected chi connectivity index (χ1v) is 16.6. The van der Waals surface area contributed by atoms with Gasteiger partial charge in [0.2, 0.25) is 5.43 Å². The maximum absolute atomic E-state index is 14.9. The molecule has 0 radical (unpaired) electrons. The van der Waals surface area contributed by atoms with Crippen molar-refractivity contribution in [2.24, 2.45) is 5.92 Å². The van der Waals surface area contributed by atoms with Gasteiger partial charge in [0.05, 0.1) is 38.1 Å². The van der Waals surface area contributed by atoms with Crippen LogP contribution in [0.5, 0.6) is 5.75 Å². The average Bonchev–Trinajstić information content (AvgIpc) is 2.90.